The molecule has 0 spiro atoms. The van der Waals surface area contributed by atoms with E-state index in [1.54, 1.807) is 0 Å². The van der Waals surface area contributed by atoms with E-state index in [2.05, 4.69) is 6.08 Å². The fourth-order valence-electron chi connectivity index (χ4n) is 2.60. The van der Waals surface area contributed by atoms with Gasteiger partial charge in [0.1, 0.15) is 11.9 Å². The Morgan fingerprint density at radius 2 is 1.89 bits per heavy atom. The Morgan fingerprint density at radius 1 is 1.11 bits per heavy atom. The zero-order chi connectivity index (χ0) is 13.0. The second-order valence-electron chi connectivity index (χ2n) is 5.20. The molecule has 98 valence electrons. The maximum Gasteiger partial charge on any atom is 0.123 e. The van der Waals surface area contributed by atoms with Crippen molar-refractivity contribution in [3.63, 3.8) is 0 Å². The largest absolute Gasteiger partial charge is 0.384 e. The number of aryl methyl sites for hydroxylation is 1. The monoisotopic (exact) mass is 248 g/mol. The van der Waals surface area contributed by atoms with E-state index in [4.69, 9.17) is 0 Å². The van der Waals surface area contributed by atoms with Crippen molar-refractivity contribution in [2.24, 2.45) is 0 Å². The molecule has 2 rings (SSSR count). The molecule has 0 amide bonds. The number of rotatable bonds is 2. The van der Waals surface area contributed by atoms with E-state index in [0.717, 1.165) is 30.4 Å². The number of aliphatic hydroxyl groups is 1. The van der Waals surface area contributed by atoms with Gasteiger partial charge >= 0.3 is 0 Å². The first-order chi connectivity index (χ1) is 8.66. The van der Waals surface area contributed by atoms with Crippen LogP contribution in [0, 0.1) is 12.7 Å². The van der Waals surface area contributed by atoms with Crippen molar-refractivity contribution in [2.45, 2.75) is 51.6 Å². The Kier molecular flexibility index (Phi) is 4.54. The van der Waals surface area contributed by atoms with Crippen LogP contribution >= 0.6 is 0 Å². The second-order valence-corrected chi connectivity index (χ2v) is 5.20. The molecule has 0 aromatic heterocycles. The number of aliphatic hydroxyl groups excluding tert-OH is 1. The van der Waals surface area contributed by atoms with Crippen LogP contribution < -0.4 is 0 Å². The lowest BCUT2D eigenvalue weighted by atomic mass is 9.92. The van der Waals surface area contributed by atoms with Crippen LogP contribution in [0.4, 0.5) is 4.39 Å². The lowest BCUT2D eigenvalue weighted by Gasteiger charge is -2.18. The van der Waals surface area contributed by atoms with E-state index in [1.807, 2.05) is 13.0 Å². The summed E-state index contributed by atoms with van der Waals surface area (Å²) in [4.78, 5) is 0. The first-order valence-corrected chi connectivity index (χ1v) is 6.81. The van der Waals surface area contributed by atoms with E-state index in [0.29, 0.717) is 5.56 Å². The molecule has 1 aliphatic rings. The van der Waals surface area contributed by atoms with Gasteiger partial charge in [-0.2, -0.15) is 0 Å². The summed E-state index contributed by atoms with van der Waals surface area (Å²) < 4.78 is 13.4. The fourth-order valence-corrected chi connectivity index (χ4v) is 2.60. The first-order valence-electron chi connectivity index (χ1n) is 6.81. The third-order valence-corrected chi connectivity index (χ3v) is 3.56. The number of benzene rings is 1. The van der Waals surface area contributed by atoms with Crippen molar-refractivity contribution in [3.8, 4) is 0 Å². The SMILES string of the molecule is Cc1cc(F)cc(C(O)/C2=C/CCCCCC2)c1. The van der Waals surface area contributed by atoms with Crippen molar-refractivity contribution < 1.29 is 9.50 Å². The lowest BCUT2D eigenvalue weighted by molar-refractivity contribution is 0.208. The Morgan fingerprint density at radius 3 is 2.67 bits per heavy atom. The first kappa shape index (κ1) is 13.3. The van der Waals surface area contributed by atoms with Crippen molar-refractivity contribution in [1.29, 1.82) is 0 Å². The summed E-state index contributed by atoms with van der Waals surface area (Å²) in [6.45, 7) is 1.85. The quantitative estimate of drug-likeness (QED) is 0.767. The maximum absolute atomic E-state index is 13.4. The van der Waals surface area contributed by atoms with Gasteiger partial charge in [-0.3, -0.25) is 0 Å². The van der Waals surface area contributed by atoms with Crippen LogP contribution in [0.25, 0.3) is 0 Å². The standard InChI is InChI=1S/C16H21FO/c1-12-9-14(11-15(17)10-12)16(18)13-7-5-3-2-4-6-8-13/h7,9-11,16,18H,2-6,8H2,1H3/b13-7+. The van der Waals surface area contributed by atoms with E-state index in [1.165, 1.54) is 31.4 Å². The highest BCUT2D eigenvalue weighted by Gasteiger charge is 2.15. The van der Waals surface area contributed by atoms with Gasteiger partial charge in [-0.15, -0.1) is 0 Å². The maximum atomic E-state index is 13.4. The van der Waals surface area contributed by atoms with Crippen LogP contribution in [0.15, 0.2) is 29.8 Å². The zero-order valence-electron chi connectivity index (χ0n) is 11.0. The van der Waals surface area contributed by atoms with Gasteiger partial charge in [-0.05, 0) is 61.4 Å². The number of hydrogen-bond donors (Lipinski definition) is 1. The molecule has 1 aromatic rings. The van der Waals surface area contributed by atoms with E-state index in [-0.39, 0.29) is 5.82 Å². The van der Waals surface area contributed by atoms with Crippen molar-refractivity contribution in [1.82, 2.24) is 0 Å². The predicted molar refractivity (Wildman–Crippen MR) is 71.9 cm³/mol. The molecule has 0 radical (unpaired) electrons. The van der Waals surface area contributed by atoms with Gasteiger partial charge in [0.05, 0.1) is 0 Å². The Balaban J connectivity index is 2.20. The van der Waals surface area contributed by atoms with E-state index < -0.39 is 6.10 Å². The normalized spacial score (nSPS) is 21.6. The average molecular weight is 248 g/mol. The zero-order valence-corrected chi connectivity index (χ0v) is 11.0. The van der Waals surface area contributed by atoms with Crippen LogP contribution in [0.3, 0.4) is 0 Å². The molecule has 18 heavy (non-hydrogen) atoms. The van der Waals surface area contributed by atoms with Crippen molar-refractivity contribution in [2.75, 3.05) is 0 Å². The molecule has 0 saturated carbocycles. The minimum absolute atomic E-state index is 0.268. The number of halogens is 1. The molecular formula is C16H21FO. The molecule has 1 unspecified atom stereocenters. The van der Waals surface area contributed by atoms with Crippen LogP contribution in [-0.4, -0.2) is 5.11 Å². The van der Waals surface area contributed by atoms with Crippen LogP contribution in [0.2, 0.25) is 0 Å². The molecular weight excluding hydrogens is 227 g/mol. The van der Waals surface area contributed by atoms with Crippen LogP contribution in [0.1, 0.15) is 55.8 Å². The predicted octanol–water partition coefficient (Wildman–Crippen LogP) is 4.45. The molecule has 1 nitrogen and oxygen atoms in total. The van der Waals surface area contributed by atoms with E-state index in [9.17, 15) is 9.50 Å². The van der Waals surface area contributed by atoms with Crippen LogP contribution in [0.5, 0.6) is 0 Å². The van der Waals surface area contributed by atoms with Crippen molar-refractivity contribution in [3.05, 3.63) is 46.8 Å². The summed E-state index contributed by atoms with van der Waals surface area (Å²) in [7, 11) is 0. The van der Waals surface area contributed by atoms with Gasteiger partial charge in [0.2, 0.25) is 0 Å². The average Bonchev–Trinajstić information content (AvgIpc) is 2.26. The molecule has 0 bridgehead atoms. The van der Waals surface area contributed by atoms with E-state index >= 15 is 0 Å². The molecule has 0 saturated heterocycles. The smallest absolute Gasteiger partial charge is 0.123 e. The molecule has 0 heterocycles. The Bertz CT molecular complexity index is 416. The lowest BCUT2D eigenvalue weighted by Crippen LogP contribution is -2.04. The topological polar surface area (TPSA) is 20.2 Å². The van der Waals surface area contributed by atoms with Gasteiger partial charge < -0.3 is 5.11 Å². The molecule has 0 aliphatic heterocycles. The highest BCUT2D eigenvalue weighted by Crippen LogP contribution is 2.29. The Labute approximate surface area is 108 Å². The summed E-state index contributed by atoms with van der Waals surface area (Å²) in [5.74, 6) is -0.268. The summed E-state index contributed by atoms with van der Waals surface area (Å²) >= 11 is 0. The minimum Gasteiger partial charge on any atom is -0.384 e. The second kappa shape index (κ2) is 6.14. The van der Waals surface area contributed by atoms with Gasteiger partial charge in [0, 0.05) is 0 Å². The molecule has 2 heteroatoms. The minimum atomic E-state index is -0.641. The highest BCUT2D eigenvalue weighted by molar-refractivity contribution is 5.30. The molecule has 1 aromatic carbocycles. The van der Waals surface area contributed by atoms with Gasteiger partial charge in [0.15, 0.2) is 0 Å². The molecule has 0 fully saturated rings. The van der Waals surface area contributed by atoms with Crippen LogP contribution in [-0.2, 0) is 0 Å². The fraction of sp³-hybridized carbons (Fsp3) is 0.500. The van der Waals surface area contributed by atoms with Gasteiger partial charge in [0.25, 0.3) is 0 Å². The van der Waals surface area contributed by atoms with Crippen molar-refractivity contribution >= 4 is 0 Å². The third kappa shape index (κ3) is 3.42. The summed E-state index contributed by atoms with van der Waals surface area (Å²) in [6.07, 6.45) is 8.28. The molecule has 1 atom stereocenters. The van der Waals surface area contributed by atoms with Gasteiger partial charge in [-0.25, -0.2) is 4.39 Å². The summed E-state index contributed by atoms with van der Waals surface area (Å²) in [6, 6.07) is 4.80. The summed E-state index contributed by atoms with van der Waals surface area (Å²) in [5.41, 5.74) is 2.59. The number of hydrogen-bond acceptors (Lipinski definition) is 1. The molecule has 1 aliphatic carbocycles. The third-order valence-electron chi connectivity index (χ3n) is 3.56. The summed E-state index contributed by atoms with van der Waals surface area (Å²) in [5, 5.41) is 10.4. The number of allylic oxidation sites excluding steroid dienone is 1. The molecule has 1 N–H and O–H groups in total. The van der Waals surface area contributed by atoms with Gasteiger partial charge in [-0.1, -0.05) is 25.0 Å². The highest BCUT2D eigenvalue weighted by atomic mass is 19.1. The Hall–Kier alpha value is -1.15.